The summed E-state index contributed by atoms with van der Waals surface area (Å²) in [5.74, 6) is 1.07. The van der Waals surface area contributed by atoms with Crippen molar-refractivity contribution in [3.8, 4) is 0 Å². The highest BCUT2D eigenvalue weighted by atomic mass is 15.2. The van der Waals surface area contributed by atoms with Crippen molar-refractivity contribution >= 4 is 5.82 Å². The molecule has 90 valence electrons. The first-order valence-electron chi connectivity index (χ1n) is 5.92. The van der Waals surface area contributed by atoms with Gasteiger partial charge in [0.2, 0.25) is 0 Å². The van der Waals surface area contributed by atoms with E-state index in [9.17, 15) is 0 Å². The maximum absolute atomic E-state index is 4.46. The molecule has 1 heterocycles. The third kappa shape index (κ3) is 3.49. The Morgan fingerprint density at radius 1 is 1.31 bits per heavy atom. The molecule has 3 nitrogen and oxygen atoms in total. The largest absolute Gasteiger partial charge is 0.357 e. The van der Waals surface area contributed by atoms with E-state index in [1.54, 1.807) is 0 Å². The zero-order valence-electron chi connectivity index (χ0n) is 11.0. The van der Waals surface area contributed by atoms with Crippen LogP contribution < -0.4 is 10.2 Å². The standard InChI is InChI=1S/C13H23N3/c1-10(2)15-9-12-7-6-8-14-13(12)16(5)11(3)4/h6-8,10-11,15H,9H2,1-5H3. The molecule has 16 heavy (non-hydrogen) atoms. The predicted molar refractivity (Wildman–Crippen MR) is 69.8 cm³/mol. The Hall–Kier alpha value is -1.09. The van der Waals surface area contributed by atoms with Gasteiger partial charge in [0.25, 0.3) is 0 Å². The quantitative estimate of drug-likeness (QED) is 0.827. The molecule has 0 fully saturated rings. The van der Waals surface area contributed by atoms with Crippen molar-refractivity contribution in [1.82, 2.24) is 10.3 Å². The molecule has 0 aliphatic carbocycles. The fraction of sp³-hybridized carbons (Fsp3) is 0.615. The summed E-state index contributed by atoms with van der Waals surface area (Å²) in [6, 6.07) is 5.09. The van der Waals surface area contributed by atoms with E-state index < -0.39 is 0 Å². The number of hydrogen-bond acceptors (Lipinski definition) is 3. The Balaban J connectivity index is 2.83. The van der Waals surface area contributed by atoms with E-state index in [0.29, 0.717) is 12.1 Å². The zero-order chi connectivity index (χ0) is 12.1. The second-order valence-corrected chi connectivity index (χ2v) is 4.73. The molecule has 0 bridgehead atoms. The smallest absolute Gasteiger partial charge is 0.132 e. The number of rotatable bonds is 5. The average molecular weight is 221 g/mol. The van der Waals surface area contributed by atoms with Crippen LogP contribution in [0.1, 0.15) is 33.3 Å². The van der Waals surface area contributed by atoms with E-state index >= 15 is 0 Å². The van der Waals surface area contributed by atoms with Crippen molar-refractivity contribution in [3.05, 3.63) is 23.9 Å². The molecule has 0 aliphatic heterocycles. The van der Waals surface area contributed by atoms with Crippen molar-refractivity contribution in [3.63, 3.8) is 0 Å². The molecule has 0 aromatic carbocycles. The molecule has 1 aromatic rings. The molecule has 0 saturated heterocycles. The van der Waals surface area contributed by atoms with Crippen molar-refractivity contribution in [2.45, 2.75) is 46.3 Å². The van der Waals surface area contributed by atoms with Gasteiger partial charge in [-0.2, -0.15) is 0 Å². The minimum atomic E-state index is 0.465. The van der Waals surface area contributed by atoms with E-state index in [-0.39, 0.29) is 0 Å². The normalized spacial score (nSPS) is 11.2. The van der Waals surface area contributed by atoms with E-state index in [1.807, 2.05) is 12.3 Å². The minimum absolute atomic E-state index is 0.465. The van der Waals surface area contributed by atoms with Gasteiger partial charge in [0.05, 0.1) is 0 Å². The Labute approximate surface area is 98.9 Å². The van der Waals surface area contributed by atoms with Gasteiger partial charge in [-0.3, -0.25) is 0 Å². The molecule has 3 heteroatoms. The van der Waals surface area contributed by atoms with Crippen LogP contribution in [0.15, 0.2) is 18.3 Å². The first-order chi connectivity index (χ1) is 7.52. The van der Waals surface area contributed by atoms with Crippen LogP contribution in [0.25, 0.3) is 0 Å². The summed E-state index contributed by atoms with van der Waals surface area (Å²) in [5.41, 5.74) is 1.26. The van der Waals surface area contributed by atoms with Gasteiger partial charge >= 0.3 is 0 Å². The van der Waals surface area contributed by atoms with E-state index in [1.165, 1.54) is 5.56 Å². The number of pyridine rings is 1. The molecule has 0 atom stereocenters. The van der Waals surface area contributed by atoms with Crippen LogP contribution in [0.2, 0.25) is 0 Å². The number of hydrogen-bond donors (Lipinski definition) is 1. The Morgan fingerprint density at radius 2 is 2.00 bits per heavy atom. The van der Waals surface area contributed by atoms with E-state index in [4.69, 9.17) is 0 Å². The molecular formula is C13H23N3. The van der Waals surface area contributed by atoms with Gasteiger partial charge in [-0.05, 0) is 19.9 Å². The second-order valence-electron chi connectivity index (χ2n) is 4.73. The maximum atomic E-state index is 4.46. The topological polar surface area (TPSA) is 28.2 Å². The minimum Gasteiger partial charge on any atom is -0.357 e. The predicted octanol–water partition coefficient (Wildman–Crippen LogP) is 2.42. The Bertz CT molecular complexity index is 321. The summed E-state index contributed by atoms with van der Waals surface area (Å²) in [6.07, 6.45) is 1.85. The van der Waals surface area contributed by atoms with Crippen LogP contribution in [0.5, 0.6) is 0 Å². The summed E-state index contributed by atoms with van der Waals surface area (Å²) in [4.78, 5) is 6.67. The highest BCUT2D eigenvalue weighted by Crippen LogP contribution is 2.17. The van der Waals surface area contributed by atoms with Crippen LogP contribution in [-0.2, 0) is 6.54 Å². The van der Waals surface area contributed by atoms with Gasteiger partial charge < -0.3 is 10.2 Å². The second kappa shape index (κ2) is 5.85. The lowest BCUT2D eigenvalue weighted by atomic mass is 10.2. The maximum Gasteiger partial charge on any atom is 0.132 e. The number of aromatic nitrogens is 1. The molecule has 0 unspecified atom stereocenters. The molecule has 0 amide bonds. The summed E-state index contributed by atoms with van der Waals surface area (Å²) >= 11 is 0. The van der Waals surface area contributed by atoms with Gasteiger partial charge in [-0.15, -0.1) is 0 Å². The lowest BCUT2D eigenvalue weighted by molar-refractivity contribution is 0.586. The summed E-state index contributed by atoms with van der Waals surface area (Å²) in [5, 5.41) is 3.43. The van der Waals surface area contributed by atoms with Gasteiger partial charge in [0, 0.05) is 37.4 Å². The van der Waals surface area contributed by atoms with Crippen LogP contribution in [0.3, 0.4) is 0 Å². The summed E-state index contributed by atoms with van der Waals surface area (Å²) in [6.45, 7) is 9.53. The highest BCUT2D eigenvalue weighted by molar-refractivity contribution is 5.46. The van der Waals surface area contributed by atoms with Gasteiger partial charge in [-0.1, -0.05) is 19.9 Å². The monoisotopic (exact) mass is 221 g/mol. The lowest BCUT2D eigenvalue weighted by Gasteiger charge is -2.25. The molecule has 0 aliphatic rings. The van der Waals surface area contributed by atoms with E-state index in [0.717, 1.165) is 12.4 Å². The Morgan fingerprint density at radius 3 is 2.56 bits per heavy atom. The molecule has 0 spiro atoms. The van der Waals surface area contributed by atoms with Crippen molar-refractivity contribution in [1.29, 1.82) is 0 Å². The fourth-order valence-corrected chi connectivity index (χ4v) is 1.44. The van der Waals surface area contributed by atoms with Crippen LogP contribution >= 0.6 is 0 Å². The van der Waals surface area contributed by atoms with Crippen molar-refractivity contribution < 1.29 is 0 Å². The third-order valence-electron chi connectivity index (χ3n) is 2.68. The highest BCUT2D eigenvalue weighted by Gasteiger charge is 2.11. The molecule has 0 radical (unpaired) electrons. The first-order valence-corrected chi connectivity index (χ1v) is 5.92. The first kappa shape index (κ1) is 13.0. The average Bonchev–Trinajstić information content (AvgIpc) is 2.25. The van der Waals surface area contributed by atoms with Gasteiger partial charge in [0.15, 0.2) is 0 Å². The van der Waals surface area contributed by atoms with Crippen LogP contribution in [0, 0.1) is 0 Å². The van der Waals surface area contributed by atoms with Crippen LogP contribution in [-0.4, -0.2) is 24.1 Å². The lowest BCUT2D eigenvalue weighted by Crippen LogP contribution is -2.29. The third-order valence-corrected chi connectivity index (χ3v) is 2.68. The number of anilines is 1. The number of nitrogens with zero attached hydrogens (tertiary/aromatic N) is 2. The van der Waals surface area contributed by atoms with Gasteiger partial charge in [0.1, 0.15) is 5.82 Å². The SMILES string of the molecule is CC(C)NCc1cccnc1N(C)C(C)C. The van der Waals surface area contributed by atoms with Crippen molar-refractivity contribution in [2.75, 3.05) is 11.9 Å². The molecule has 1 N–H and O–H groups in total. The summed E-state index contributed by atoms with van der Waals surface area (Å²) < 4.78 is 0. The summed E-state index contributed by atoms with van der Waals surface area (Å²) in [7, 11) is 2.09. The fourth-order valence-electron chi connectivity index (χ4n) is 1.44. The molecular weight excluding hydrogens is 198 g/mol. The zero-order valence-corrected chi connectivity index (χ0v) is 11.0. The van der Waals surface area contributed by atoms with Crippen LogP contribution in [0.4, 0.5) is 5.82 Å². The van der Waals surface area contributed by atoms with Crippen molar-refractivity contribution in [2.24, 2.45) is 0 Å². The molecule has 1 aromatic heterocycles. The molecule has 1 rings (SSSR count). The molecule has 0 saturated carbocycles. The Kier molecular flexibility index (Phi) is 4.74. The van der Waals surface area contributed by atoms with Gasteiger partial charge in [-0.25, -0.2) is 4.98 Å². The number of nitrogens with one attached hydrogen (secondary N) is 1. The van der Waals surface area contributed by atoms with E-state index in [2.05, 4.69) is 56.0 Å².